The van der Waals surface area contributed by atoms with Crippen molar-refractivity contribution in [1.29, 1.82) is 0 Å². The highest BCUT2D eigenvalue weighted by atomic mass is 15.1. The Morgan fingerprint density at radius 1 is 0.426 bits per heavy atom. The molecule has 0 atom stereocenters. The molecule has 1 saturated carbocycles. The van der Waals surface area contributed by atoms with Crippen LogP contribution in [0.4, 0.5) is 17.1 Å². The minimum Gasteiger partial charge on any atom is -0.309 e. The average Bonchev–Trinajstić information content (AvgIpc) is 3.44. The summed E-state index contributed by atoms with van der Waals surface area (Å²) in [4.78, 5) is 2.57. The lowest BCUT2D eigenvalue weighted by Gasteiger charge is -2.31. The summed E-state index contributed by atoms with van der Waals surface area (Å²) >= 11 is 0. The smallest absolute Gasteiger partial charge is 0.0618 e. The molecule has 0 heterocycles. The largest absolute Gasteiger partial charge is 0.309 e. The number of fused-ring (bicyclic) bond motifs is 5. The van der Waals surface area contributed by atoms with Crippen LogP contribution in [0.15, 0.2) is 146 Å². The molecular formula is C53H53N. The fourth-order valence-electron chi connectivity index (χ4n) is 9.82. The summed E-state index contributed by atoms with van der Waals surface area (Å²) in [6.45, 7) is 4.75. The second-order valence-electron chi connectivity index (χ2n) is 16.5. The van der Waals surface area contributed by atoms with Crippen LogP contribution in [-0.4, -0.2) is 0 Å². The highest BCUT2D eigenvalue weighted by Crippen LogP contribution is 2.52. The van der Waals surface area contributed by atoms with Crippen molar-refractivity contribution in [2.24, 2.45) is 0 Å². The molecule has 0 saturated heterocycles. The third-order valence-electron chi connectivity index (χ3n) is 12.8. The molecule has 0 amide bonds. The van der Waals surface area contributed by atoms with E-state index >= 15 is 0 Å². The minimum absolute atomic E-state index is 0.0435. The Balaban J connectivity index is 1.23. The van der Waals surface area contributed by atoms with Gasteiger partial charge in [0.1, 0.15) is 0 Å². The van der Waals surface area contributed by atoms with Crippen molar-refractivity contribution in [3.8, 4) is 22.3 Å². The summed E-state index contributed by atoms with van der Waals surface area (Å²) in [5.41, 5.74) is 13.1. The average molecular weight is 704 g/mol. The van der Waals surface area contributed by atoms with Crippen molar-refractivity contribution in [1.82, 2.24) is 0 Å². The predicted octanol–water partition coefficient (Wildman–Crippen LogP) is 15.8. The van der Waals surface area contributed by atoms with Gasteiger partial charge in [-0.1, -0.05) is 193 Å². The number of hydrogen-bond acceptors (Lipinski definition) is 1. The molecule has 7 aromatic carbocycles. The molecular weight excluding hydrogens is 651 g/mol. The third-order valence-corrected chi connectivity index (χ3v) is 12.8. The quantitative estimate of drug-likeness (QED) is 0.172. The van der Waals surface area contributed by atoms with Crippen molar-refractivity contribution in [2.75, 3.05) is 4.90 Å². The van der Waals surface area contributed by atoms with Crippen LogP contribution < -0.4 is 4.90 Å². The second-order valence-corrected chi connectivity index (χ2v) is 16.5. The zero-order chi connectivity index (χ0) is 36.5. The first kappa shape index (κ1) is 34.6. The summed E-state index contributed by atoms with van der Waals surface area (Å²) in [5.74, 6) is 0.634. The fraction of sp³-hybridized carbons (Fsp3) is 0.283. The highest BCUT2D eigenvalue weighted by molar-refractivity contribution is 6.10. The molecule has 0 aromatic heterocycles. The molecule has 1 fully saturated rings. The Morgan fingerprint density at radius 3 is 1.72 bits per heavy atom. The van der Waals surface area contributed by atoms with Crippen molar-refractivity contribution in [3.63, 3.8) is 0 Å². The van der Waals surface area contributed by atoms with Gasteiger partial charge in [-0.05, 0) is 92.6 Å². The summed E-state index contributed by atoms with van der Waals surface area (Å²) in [7, 11) is 0. The summed E-state index contributed by atoms with van der Waals surface area (Å²) in [5, 5.41) is 5.05. The van der Waals surface area contributed by atoms with E-state index in [4.69, 9.17) is 0 Å². The highest BCUT2D eigenvalue weighted by Gasteiger charge is 2.36. The van der Waals surface area contributed by atoms with E-state index in [1.165, 1.54) is 148 Å². The van der Waals surface area contributed by atoms with Crippen LogP contribution in [0, 0.1) is 0 Å². The predicted molar refractivity (Wildman–Crippen MR) is 233 cm³/mol. The van der Waals surface area contributed by atoms with E-state index in [9.17, 15) is 0 Å². The first-order valence-corrected chi connectivity index (χ1v) is 20.7. The molecule has 0 bridgehead atoms. The molecule has 1 nitrogen and oxygen atoms in total. The van der Waals surface area contributed by atoms with E-state index in [0.29, 0.717) is 5.92 Å². The van der Waals surface area contributed by atoms with Gasteiger partial charge in [-0.25, -0.2) is 0 Å². The van der Waals surface area contributed by atoms with Crippen LogP contribution in [0.5, 0.6) is 0 Å². The molecule has 7 aromatic rings. The lowest BCUT2D eigenvalue weighted by atomic mass is 9.82. The number of nitrogens with zero attached hydrogens (tertiary/aromatic N) is 1. The second kappa shape index (κ2) is 14.9. The molecule has 9 rings (SSSR count). The van der Waals surface area contributed by atoms with Crippen molar-refractivity contribution < 1.29 is 0 Å². The van der Waals surface area contributed by atoms with Crippen LogP contribution in [0.2, 0.25) is 0 Å². The van der Waals surface area contributed by atoms with Crippen LogP contribution in [0.3, 0.4) is 0 Å². The molecule has 1 heteroatoms. The molecule has 0 unspecified atom stereocenters. The molecule has 0 radical (unpaired) electrons. The lowest BCUT2D eigenvalue weighted by molar-refractivity contribution is 0.467. The van der Waals surface area contributed by atoms with E-state index in [0.717, 1.165) is 0 Å². The van der Waals surface area contributed by atoms with Crippen LogP contribution in [0.1, 0.15) is 107 Å². The third kappa shape index (κ3) is 6.42. The molecule has 2 aliphatic carbocycles. The van der Waals surface area contributed by atoms with Gasteiger partial charge in [-0.3, -0.25) is 0 Å². The van der Waals surface area contributed by atoms with Gasteiger partial charge in [0.25, 0.3) is 0 Å². The molecule has 270 valence electrons. The van der Waals surface area contributed by atoms with Crippen molar-refractivity contribution >= 4 is 38.6 Å². The maximum atomic E-state index is 2.57. The Hall–Kier alpha value is -5.14. The van der Waals surface area contributed by atoms with Gasteiger partial charge < -0.3 is 4.90 Å². The van der Waals surface area contributed by atoms with Gasteiger partial charge in [-0.15, -0.1) is 0 Å². The molecule has 0 spiro atoms. The topological polar surface area (TPSA) is 3.24 Å². The van der Waals surface area contributed by atoms with Gasteiger partial charge >= 0.3 is 0 Å². The van der Waals surface area contributed by atoms with E-state index in [1.807, 2.05) is 0 Å². The molecule has 0 N–H and O–H groups in total. The Kier molecular flexibility index (Phi) is 9.58. The van der Waals surface area contributed by atoms with E-state index in [1.54, 1.807) is 0 Å². The van der Waals surface area contributed by atoms with Crippen molar-refractivity contribution in [3.05, 3.63) is 162 Å². The number of benzene rings is 7. The zero-order valence-corrected chi connectivity index (χ0v) is 32.2. The van der Waals surface area contributed by atoms with Crippen molar-refractivity contribution in [2.45, 2.75) is 95.8 Å². The monoisotopic (exact) mass is 703 g/mol. The van der Waals surface area contributed by atoms with Gasteiger partial charge in [0.15, 0.2) is 0 Å². The van der Waals surface area contributed by atoms with Crippen LogP contribution in [-0.2, 0) is 5.41 Å². The minimum atomic E-state index is -0.0435. The van der Waals surface area contributed by atoms with E-state index < -0.39 is 0 Å². The van der Waals surface area contributed by atoms with Gasteiger partial charge in [-0.2, -0.15) is 0 Å². The number of anilines is 3. The number of hydrogen-bond donors (Lipinski definition) is 0. The Bertz CT molecular complexity index is 2400. The first-order valence-electron chi connectivity index (χ1n) is 20.7. The first-order chi connectivity index (χ1) is 26.6. The zero-order valence-electron chi connectivity index (χ0n) is 32.2. The van der Waals surface area contributed by atoms with E-state index in [2.05, 4.69) is 164 Å². The Labute approximate surface area is 322 Å². The van der Waals surface area contributed by atoms with E-state index in [-0.39, 0.29) is 5.41 Å². The van der Waals surface area contributed by atoms with Gasteiger partial charge in [0, 0.05) is 27.7 Å². The molecule has 54 heavy (non-hydrogen) atoms. The summed E-state index contributed by atoms with van der Waals surface area (Å²) < 4.78 is 0. The molecule has 2 aliphatic rings. The lowest BCUT2D eigenvalue weighted by Crippen LogP contribution is -2.16. The van der Waals surface area contributed by atoms with Gasteiger partial charge in [0.2, 0.25) is 0 Å². The summed E-state index contributed by atoms with van der Waals surface area (Å²) in [6, 6.07) is 55.2. The maximum absolute atomic E-state index is 2.57. The normalized spacial score (nSPS) is 16.3. The summed E-state index contributed by atoms with van der Waals surface area (Å²) in [6.07, 6.45) is 15.1. The molecule has 0 aliphatic heterocycles. The number of rotatable bonds is 5. The van der Waals surface area contributed by atoms with Gasteiger partial charge in [0.05, 0.1) is 5.69 Å². The Morgan fingerprint density at radius 2 is 0.981 bits per heavy atom. The van der Waals surface area contributed by atoms with Crippen LogP contribution in [0.25, 0.3) is 43.8 Å². The SMILES string of the molecule is CC1(C)c2ccccc2-c2cc(N(c3ccc(C4CCCCCCCCCCC4)cc3)c3c(-c4cccc5ccccc45)ccc4ccccc34)ccc21. The fourth-order valence-corrected chi connectivity index (χ4v) is 9.82. The van der Waals surface area contributed by atoms with Crippen LogP contribution >= 0.6 is 0 Å². The standard InChI is InChI=1S/C53H53N/c1-53(2)50-28-17-16-26-47(50)49-37-43(34-36-51(49)53)54(42-32-29-39(30-33-42)38-19-10-8-6-4-3-5-7-9-11-20-38)52-45-25-15-13-22-41(45)31-35-48(52)46-27-18-23-40-21-12-14-24-44(40)46/h12-18,21-38H,3-11,19-20H2,1-2H3. The maximum Gasteiger partial charge on any atom is 0.0618 e.